The second-order valence-electron chi connectivity index (χ2n) is 9.63. The van der Waals surface area contributed by atoms with Crippen molar-refractivity contribution >= 4 is 59.5 Å². The van der Waals surface area contributed by atoms with E-state index in [1.165, 1.54) is 10.4 Å². The third-order valence-corrected chi connectivity index (χ3v) is 10.3. The number of likely N-dealkylation sites (N-methyl/N-ethyl adjacent to an activating group) is 1. The van der Waals surface area contributed by atoms with E-state index in [2.05, 4.69) is 28.1 Å². The average Bonchev–Trinajstić information content (AvgIpc) is 3.49. The number of hydrogen-bond acceptors (Lipinski definition) is 7. The number of nitrogens with zero attached hydrogens (tertiary/aromatic N) is 2. The Hall–Kier alpha value is -3.57. The summed E-state index contributed by atoms with van der Waals surface area (Å²) in [6.45, 7) is 3.69. The first kappa shape index (κ1) is 25.7. The Kier molecular flexibility index (Phi) is 6.72. The fourth-order valence-electron chi connectivity index (χ4n) is 4.62. The molecule has 0 bridgehead atoms. The van der Waals surface area contributed by atoms with Gasteiger partial charge in [0.15, 0.2) is 0 Å². The number of benzene rings is 3. The van der Waals surface area contributed by atoms with Gasteiger partial charge in [-0.1, -0.05) is 29.8 Å². The van der Waals surface area contributed by atoms with Crippen LogP contribution >= 0.6 is 22.7 Å². The molecule has 0 radical (unpaired) electrons. The minimum Gasteiger partial charge on any atom is -0.313 e. The Bertz CT molecular complexity index is 1760. The molecule has 39 heavy (non-hydrogen) atoms. The van der Waals surface area contributed by atoms with E-state index >= 15 is 0 Å². The summed E-state index contributed by atoms with van der Waals surface area (Å²) in [6.07, 6.45) is 0.902. The Morgan fingerprint density at radius 3 is 2.46 bits per heavy atom. The molecule has 7 nitrogen and oxygen atoms in total. The molecule has 0 atom stereocenters. The third kappa shape index (κ3) is 5.20. The van der Waals surface area contributed by atoms with Gasteiger partial charge < -0.3 is 10.2 Å². The lowest BCUT2D eigenvalue weighted by molar-refractivity contribution is 0.102. The Balaban J connectivity index is 1.26. The summed E-state index contributed by atoms with van der Waals surface area (Å²) in [4.78, 5) is 21.9. The number of carbonyl (C=O) groups is 1. The zero-order valence-electron chi connectivity index (χ0n) is 21.4. The fraction of sp³-hybridized carbons (Fsp3) is 0.172. The first-order chi connectivity index (χ1) is 18.8. The second kappa shape index (κ2) is 10.2. The quantitative estimate of drug-likeness (QED) is 0.246. The Labute approximate surface area is 235 Å². The van der Waals surface area contributed by atoms with Crippen LogP contribution < -0.4 is 10.0 Å². The first-order valence-electron chi connectivity index (χ1n) is 12.5. The largest absolute Gasteiger partial charge is 0.313 e. The smallest absolute Gasteiger partial charge is 0.261 e. The van der Waals surface area contributed by atoms with Gasteiger partial charge in [0.2, 0.25) is 0 Å². The van der Waals surface area contributed by atoms with Crippen LogP contribution in [0.2, 0.25) is 0 Å². The molecule has 6 rings (SSSR count). The van der Waals surface area contributed by atoms with Crippen molar-refractivity contribution in [1.29, 1.82) is 0 Å². The van der Waals surface area contributed by atoms with E-state index in [4.69, 9.17) is 4.98 Å². The molecular weight excluding hydrogens is 549 g/mol. The number of rotatable bonds is 6. The highest BCUT2D eigenvalue weighted by atomic mass is 32.2. The fourth-order valence-corrected chi connectivity index (χ4v) is 8.11. The molecule has 2 aromatic heterocycles. The number of sulfonamides is 1. The molecule has 0 spiro atoms. The number of thiophene rings is 1. The third-order valence-electron chi connectivity index (χ3n) is 6.71. The summed E-state index contributed by atoms with van der Waals surface area (Å²) >= 11 is 3.24. The maximum atomic E-state index is 13.3. The topological polar surface area (TPSA) is 91.4 Å². The van der Waals surface area contributed by atoms with Gasteiger partial charge in [-0.05, 0) is 74.5 Å². The van der Waals surface area contributed by atoms with Crippen molar-refractivity contribution < 1.29 is 13.2 Å². The molecule has 3 heterocycles. The lowest BCUT2D eigenvalue weighted by Crippen LogP contribution is -2.25. The summed E-state index contributed by atoms with van der Waals surface area (Å²) in [5.41, 5.74) is 5.03. The number of carbonyl (C=O) groups excluding carboxylic acids is 1. The summed E-state index contributed by atoms with van der Waals surface area (Å²) < 4.78 is 29.2. The molecule has 1 aliphatic heterocycles. The lowest BCUT2D eigenvalue weighted by atomic mass is 10.0. The van der Waals surface area contributed by atoms with Crippen LogP contribution in [0.15, 0.2) is 77.7 Å². The van der Waals surface area contributed by atoms with Gasteiger partial charge in [-0.3, -0.25) is 9.52 Å². The summed E-state index contributed by atoms with van der Waals surface area (Å²) in [6, 6.07) is 21.2. The molecule has 2 N–H and O–H groups in total. The van der Waals surface area contributed by atoms with Gasteiger partial charge in [0.05, 0.1) is 15.1 Å². The zero-order chi connectivity index (χ0) is 27.1. The van der Waals surface area contributed by atoms with Crippen molar-refractivity contribution in [3.8, 4) is 10.6 Å². The number of anilines is 2. The molecule has 0 saturated heterocycles. The molecule has 5 aromatic rings. The predicted molar refractivity (Wildman–Crippen MR) is 159 cm³/mol. The molecule has 10 heteroatoms. The van der Waals surface area contributed by atoms with Crippen molar-refractivity contribution in [1.82, 2.24) is 9.88 Å². The number of aromatic nitrogens is 1. The van der Waals surface area contributed by atoms with Crippen LogP contribution in [0.25, 0.3) is 20.8 Å². The summed E-state index contributed by atoms with van der Waals surface area (Å²) in [5, 5.41) is 4.84. The number of aryl methyl sites for hydroxylation is 1. The number of nitrogens with one attached hydrogen (secondary N) is 2. The van der Waals surface area contributed by atoms with Gasteiger partial charge in [0.25, 0.3) is 15.9 Å². The Morgan fingerprint density at radius 1 is 0.974 bits per heavy atom. The van der Waals surface area contributed by atoms with Crippen LogP contribution in [0.3, 0.4) is 0 Å². The molecule has 0 fully saturated rings. The highest BCUT2D eigenvalue weighted by molar-refractivity contribution is 7.92. The van der Waals surface area contributed by atoms with Gasteiger partial charge in [0.1, 0.15) is 10.0 Å². The molecule has 1 aliphatic rings. The highest BCUT2D eigenvalue weighted by Crippen LogP contribution is 2.45. The van der Waals surface area contributed by atoms with Crippen molar-refractivity contribution in [3.05, 3.63) is 94.4 Å². The van der Waals surface area contributed by atoms with E-state index in [9.17, 15) is 13.2 Å². The number of fused-ring (bicyclic) bond motifs is 2. The number of thiazole rings is 1. The molecular formula is C29H26N4O3S3. The predicted octanol–water partition coefficient (Wildman–Crippen LogP) is 6.37. The van der Waals surface area contributed by atoms with Crippen LogP contribution in [0.4, 0.5) is 10.7 Å². The molecule has 0 saturated carbocycles. The molecule has 3 aromatic carbocycles. The van der Waals surface area contributed by atoms with E-state index in [1.807, 2.05) is 25.1 Å². The van der Waals surface area contributed by atoms with E-state index in [0.29, 0.717) is 11.3 Å². The SMILES string of the molecule is Cc1ccc(S(=O)(=O)Nc2ccc(C(=O)Nc3sc4c(c3-c3nc5ccccc5s3)CCN(C)C4)cc2)cc1. The maximum Gasteiger partial charge on any atom is 0.261 e. The summed E-state index contributed by atoms with van der Waals surface area (Å²) in [7, 11) is -1.62. The first-order valence-corrected chi connectivity index (χ1v) is 15.6. The summed E-state index contributed by atoms with van der Waals surface area (Å²) in [5.74, 6) is -0.253. The van der Waals surface area contributed by atoms with Crippen LogP contribution in [0.1, 0.15) is 26.4 Å². The van der Waals surface area contributed by atoms with Gasteiger partial charge in [0, 0.05) is 34.8 Å². The van der Waals surface area contributed by atoms with Gasteiger partial charge in [-0.25, -0.2) is 13.4 Å². The maximum absolute atomic E-state index is 13.3. The molecule has 1 amide bonds. The molecule has 0 aliphatic carbocycles. The van der Waals surface area contributed by atoms with Gasteiger partial charge in [-0.2, -0.15) is 0 Å². The average molecular weight is 575 g/mol. The normalized spacial score (nSPS) is 13.8. The lowest BCUT2D eigenvalue weighted by Gasteiger charge is -2.22. The standard InChI is InChI=1S/C29H26N4O3S3/c1-18-7-13-21(14-8-18)39(35,36)32-20-11-9-19(10-12-20)27(34)31-29-26(22-15-16-33(2)17-25(22)38-29)28-30-23-5-3-4-6-24(23)37-28/h3-14,32H,15-17H2,1-2H3,(H,31,34). The minimum absolute atomic E-state index is 0.185. The van der Waals surface area contributed by atoms with E-state index in [0.717, 1.165) is 50.9 Å². The number of para-hydroxylation sites is 1. The van der Waals surface area contributed by atoms with Crippen LogP contribution in [-0.2, 0) is 23.0 Å². The van der Waals surface area contributed by atoms with Crippen molar-refractivity contribution in [2.75, 3.05) is 23.6 Å². The molecule has 198 valence electrons. The van der Waals surface area contributed by atoms with Crippen molar-refractivity contribution in [2.45, 2.75) is 24.8 Å². The van der Waals surface area contributed by atoms with Crippen molar-refractivity contribution in [3.63, 3.8) is 0 Å². The van der Waals surface area contributed by atoms with E-state index in [-0.39, 0.29) is 10.8 Å². The van der Waals surface area contributed by atoms with E-state index in [1.54, 1.807) is 71.2 Å². The van der Waals surface area contributed by atoms with Crippen LogP contribution in [0.5, 0.6) is 0 Å². The monoisotopic (exact) mass is 574 g/mol. The number of hydrogen-bond donors (Lipinski definition) is 2. The van der Waals surface area contributed by atoms with E-state index < -0.39 is 10.0 Å². The van der Waals surface area contributed by atoms with Crippen LogP contribution in [0, 0.1) is 6.92 Å². The van der Waals surface area contributed by atoms with Crippen molar-refractivity contribution in [2.24, 2.45) is 0 Å². The highest BCUT2D eigenvalue weighted by Gasteiger charge is 2.27. The Morgan fingerprint density at radius 2 is 1.72 bits per heavy atom. The zero-order valence-corrected chi connectivity index (χ0v) is 23.8. The minimum atomic E-state index is -3.72. The van der Waals surface area contributed by atoms with Gasteiger partial charge >= 0.3 is 0 Å². The molecule has 0 unspecified atom stereocenters. The second-order valence-corrected chi connectivity index (χ2v) is 13.5. The number of amides is 1. The van der Waals surface area contributed by atoms with Gasteiger partial charge in [-0.15, -0.1) is 22.7 Å². The van der Waals surface area contributed by atoms with Crippen LogP contribution in [-0.4, -0.2) is 37.8 Å².